The number of aryl methyl sites for hydroxylation is 1. The molecule has 0 aliphatic rings. The molecule has 1 aromatic carbocycles. The molecule has 0 saturated carbocycles. The Labute approximate surface area is 142 Å². The van der Waals surface area contributed by atoms with Crippen molar-refractivity contribution in [3.8, 4) is 0 Å². The number of pyridine rings is 1. The van der Waals surface area contributed by atoms with E-state index in [0.717, 1.165) is 22.5 Å². The highest BCUT2D eigenvalue weighted by Gasteiger charge is 2.01. The van der Waals surface area contributed by atoms with Crippen molar-refractivity contribution in [1.29, 1.82) is 0 Å². The normalized spacial score (nSPS) is 9.96. The van der Waals surface area contributed by atoms with Gasteiger partial charge in [-0.2, -0.15) is 0 Å². The molecule has 0 bridgehead atoms. The standard InChI is InChI=1S/C18H19N.2C2H6/c1-13(2)17-6-5-7-18(19-17)15(4)12-16-10-8-14(3)9-11-16;2*1-2/h5-12H,1H2,2-4H3;2*1-2H3/b15-12+;;. The Hall–Kier alpha value is -2.15. The molecule has 2 aromatic rings. The molecule has 0 saturated heterocycles. The van der Waals surface area contributed by atoms with E-state index in [4.69, 9.17) is 0 Å². The van der Waals surface area contributed by atoms with Crippen molar-refractivity contribution in [1.82, 2.24) is 4.98 Å². The topological polar surface area (TPSA) is 12.9 Å². The summed E-state index contributed by atoms with van der Waals surface area (Å²) in [7, 11) is 0. The van der Waals surface area contributed by atoms with Gasteiger partial charge in [0.15, 0.2) is 0 Å². The summed E-state index contributed by atoms with van der Waals surface area (Å²) in [6.45, 7) is 18.1. The summed E-state index contributed by atoms with van der Waals surface area (Å²) >= 11 is 0. The van der Waals surface area contributed by atoms with E-state index < -0.39 is 0 Å². The van der Waals surface area contributed by atoms with Crippen molar-refractivity contribution in [3.63, 3.8) is 0 Å². The number of rotatable bonds is 3. The Bertz CT molecular complexity index is 619. The first-order valence-corrected chi connectivity index (χ1v) is 8.44. The third-order valence-corrected chi connectivity index (χ3v) is 3.05. The minimum atomic E-state index is 0.953. The van der Waals surface area contributed by atoms with Gasteiger partial charge < -0.3 is 0 Å². The Morgan fingerprint density at radius 1 is 0.870 bits per heavy atom. The Morgan fingerprint density at radius 3 is 1.91 bits per heavy atom. The summed E-state index contributed by atoms with van der Waals surface area (Å²) in [4.78, 5) is 4.62. The van der Waals surface area contributed by atoms with E-state index in [-0.39, 0.29) is 0 Å². The smallest absolute Gasteiger partial charge is 0.0666 e. The van der Waals surface area contributed by atoms with Gasteiger partial charge in [0.05, 0.1) is 11.4 Å². The predicted octanol–water partition coefficient (Wildman–Crippen LogP) is 7.04. The monoisotopic (exact) mass is 309 g/mol. The average molecular weight is 309 g/mol. The fourth-order valence-corrected chi connectivity index (χ4v) is 1.88. The van der Waals surface area contributed by atoms with Gasteiger partial charge in [0.25, 0.3) is 0 Å². The molecule has 23 heavy (non-hydrogen) atoms. The second-order valence-electron chi connectivity index (χ2n) is 4.93. The summed E-state index contributed by atoms with van der Waals surface area (Å²) in [5.41, 5.74) is 6.58. The lowest BCUT2D eigenvalue weighted by Crippen LogP contribution is -1.91. The minimum Gasteiger partial charge on any atom is -0.249 e. The molecule has 2 rings (SSSR count). The van der Waals surface area contributed by atoms with Crippen molar-refractivity contribution < 1.29 is 0 Å². The van der Waals surface area contributed by atoms with E-state index >= 15 is 0 Å². The van der Waals surface area contributed by atoms with E-state index in [1.807, 2.05) is 52.8 Å². The molecule has 1 nitrogen and oxygen atoms in total. The molecule has 0 aliphatic carbocycles. The Balaban J connectivity index is 0.00000112. The highest BCUT2D eigenvalue weighted by atomic mass is 14.7. The van der Waals surface area contributed by atoms with E-state index in [9.17, 15) is 0 Å². The van der Waals surface area contributed by atoms with E-state index in [2.05, 4.69) is 55.8 Å². The number of aromatic nitrogens is 1. The van der Waals surface area contributed by atoms with E-state index in [1.54, 1.807) is 0 Å². The van der Waals surface area contributed by atoms with Crippen LogP contribution < -0.4 is 0 Å². The van der Waals surface area contributed by atoms with Crippen LogP contribution in [0.3, 0.4) is 0 Å². The summed E-state index contributed by atoms with van der Waals surface area (Å²) < 4.78 is 0. The number of hydrogen-bond acceptors (Lipinski definition) is 1. The molecule has 0 amide bonds. The quantitative estimate of drug-likeness (QED) is 0.592. The fourth-order valence-electron chi connectivity index (χ4n) is 1.88. The second-order valence-corrected chi connectivity index (χ2v) is 4.93. The molecular formula is C22H31N. The van der Waals surface area contributed by atoms with Crippen LogP contribution in [0.25, 0.3) is 17.2 Å². The maximum atomic E-state index is 4.62. The number of hydrogen-bond donors (Lipinski definition) is 0. The van der Waals surface area contributed by atoms with Crippen molar-refractivity contribution in [2.45, 2.75) is 48.5 Å². The summed E-state index contributed by atoms with van der Waals surface area (Å²) in [6, 6.07) is 14.5. The zero-order valence-electron chi connectivity index (χ0n) is 15.8. The van der Waals surface area contributed by atoms with Crippen LogP contribution in [0.15, 0.2) is 49.0 Å². The zero-order valence-corrected chi connectivity index (χ0v) is 15.8. The molecule has 1 heteroatoms. The van der Waals surface area contributed by atoms with Crippen LogP contribution in [0.2, 0.25) is 0 Å². The SMILES string of the molecule is C=C(C)c1cccc(/C(C)=C/c2ccc(C)cc2)n1.CC.CC. The van der Waals surface area contributed by atoms with Crippen LogP contribution in [0.4, 0.5) is 0 Å². The molecule has 0 aliphatic heterocycles. The van der Waals surface area contributed by atoms with Crippen LogP contribution in [-0.2, 0) is 0 Å². The van der Waals surface area contributed by atoms with Crippen LogP contribution >= 0.6 is 0 Å². The highest BCUT2D eigenvalue weighted by Crippen LogP contribution is 2.18. The van der Waals surface area contributed by atoms with E-state index in [0.29, 0.717) is 0 Å². The van der Waals surface area contributed by atoms with Gasteiger partial charge in [-0.05, 0) is 55.7 Å². The maximum Gasteiger partial charge on any atom is 0.0666 e. The highest BCUT2D eigenvalue weighted by molar-refractivity contribution is 5.79. The molecule has 0 N–H and O–H groups in total. The Morgan fingerprint density at radius 2 is 1.39 bits per heavy atom. The summed E-state index contributed by atoms with van der Waals surface area (Å²) in [5.74, 6) is 0. The average Bonchev–Trinajstić information content (AvgIpc) is 2.60. The van der Waals surface area contributed by atoms with Crippen LogP contribution in [-0.4, -0.2) is 4.98 Å². The molecule has 124 valence electrons. The van der Waals surface area contributed by atoms with Crippen molar-refractivity contribution in [3.05, 3.63) is 71.6 Å². The van der Waals surface area contributed by atoms with Crippen LogP contribution in [0.1, 0.15) is 64.1 Å². The summed E-state index contributed by atoms with van der Waals surface area (Å²) in [5, 5.41) is 0. The number of allylic oxidation sites excluding steroid dienone is 2. The van der Waals surface area contributed by atoms with Crippen molar-refractivity contribution in [2.24, 2.45) is 0 Å². The van der Waals surface area contributed by atoms with Gasteiger partial charge in [0.1, 0.15) is 0 Å². The molecule has 0 fully saturated rings. The summed E-state index contributed by atoms with van der Waals surface area (Å²) in [6.07, 6.45) is 2.16. The molecule has 1 heterocycles. The second kappa shape index (κ2) is 11.4. The van der Waals surface area contributed by atoms with Gasteiger partial charge in [0, 0.05) is 0 Å². The van der Waals surface area contributed by atoms with Gasteiger partial charge in [-0.25, -0.2) is 4.98 Å². The predicted molar refractivity (Wildman–Crippen MR) is 106 cm³/mol. The van der Waals surface area contributed by atoms with Crippen LogP contribution in [0, 0.1) is 6.92 Å². The van der Waals surface area contributed by atoms with Gasteiger partial charge in [-0.15, -0.1) is 0 Å². The first kappa shape index (κ1) is 20.9. The molecule has 0 radical (unpaired) electrons. The third-order valence-electron chi connectivity index (χ3n) is 3.05. The zero-order chi connectivity index (χ0) is 17.8. The van der Waals surface area contributed by atoms with Crippen molar-refractivity contribution in [2.75, 3.05) is 0 Å². The first-order chi connectivity index (χ1) is 11.1. The largest absolute Gasteiger partial charge is 0.249 e. The fraction of sp³-hybridized carbons (Fsp3) is 0.318. The first-order valence-electron chi connectivity index (χ1n) is 8.44. The number of benzene rings is 1. The molecule has 0 spiro atoms. The van der Waals surface area contributed by atoms with Crippen LogP contribution in [0.5, 0.6) is 0 Å². The molecule has 0 unspecified atom stereocenters. The van der Waals surface area contributed by atoms with Gasteiger partial charge in [-0.3, -0.25) is 0 Å². The van der Waals surface area contributed by atoms with Crippen molar-refractivity contribution >= 4 is 17.2 Å². The third kappa shape index (κ3) is 7.10. The molecule has 1 aromatic heterocycles. The maximum absolute atomic E-state index is 4.62. The molecular weight excluding hydrogens is 278 g/mol. The van der Waals surface area contributed by atoms with Gasteiger partial charge in [0.2, 0.25) is 0 Å². The molecule has 0 atom stereocenters. The van der Waals surface area contributed by atoms with Gasteiger partial charge >= 0.3 is 0 Å². The van der Waals surface area contributed by atoms with Gasteiger partial charge in [-0.1, -0.05) is 70.2 Å². The van der Waals surface area contributed by atoms with E-state index in [1.165, 1.54) is 11.1 Å². The Kier molecular flexibility index (Phi) is 10.4. The minimum absolute atomic E-state index is 0.953. The lowest BCUT2D eigenvalue weighted by Gasteiger charge is -2.05. The number of nitrogens with zero attached hydrogens (tertiary/aromatic N) is 1. The lowest BCUT2D eigenvalue weighted by atomic mass is 10.1. The lowest BCUT2D eigenvalue weighted by molar-refractivity contribution is 1.22.